The topological polar surface area (TPSA) is 0 Å². The van der Waals surface area contributed by atoms with E-state index in [0.717, 1.165) is 0 Å². The fraction of sp³-hybridized carbons (Fsp3) is 0. The van der Waals surface area contributed by atoms with E-state index in [1.165, 1.54) is 23.0 Å². The molecule has 0 fully saturated rings. The molecule has 0 nitrogen and oxygen atoms in total. The Labute approximate surface area is 136 Å². The summed E-state index contributed by atoms with van der Waals surface area (Å²) in [6, 6.07) is 10.0. The van der Waals surface area contributed by atoms with E-state index < -0.39 is 0 Å². The van der Waals surface area contributed by atoms with E-state index in [0.29, 0.717) is 0 Å². The molecule has 13 heavy (non-hydrogen) atoms. The van der Waals surface area contributed by atoms with Crippen LogP contribution in [0, 0.1) is 0 Å². The third kappa shape index (κ3) is 24.9. The molecule has 0 spiro atoms. The second-order valence-electron chi connectivity index (χ2n) is 1.43. The molecule has 1 rings (SSSR count). The van der Waals surface area contributed by atoms with Gasteiger partial charge in [-0.25, -0.2) is 12.1 Å². The fourth-order valence-electron chi connectivity index (χ4n) is 0.364. The molecule has 0 aromatic heterocycles. The van der Waals surface area contributed by atoms with Crippen molar-refractivity contribution in [2.45, 2.75) is 0 Å². The van der Waals surface area contributed by atoms with E-state index in [1.54, 1.807) is 0 Å². The van der Waals surface area contributed by atoms with Gasteiger partial charge in [0, 0.05) is 0 Å². The van der Waals surface area contributed by atoms with Crippen LogP contribution >= 0.6 is 0 Å². The maximum absolute atomic E-state index is 5.22. The Hall–Kier alpha value is 2.06. The molecule has 69 valence electrons. The van der Waals surface area contributed by atoms with E-state index in [4.69, 9.17) is 4.45 Å². The third-order valence-corrected chi connectivity index (χ3v) is 4.49. The zero-order valence-corrected chi connectivity index (χ0v) is 16.2. The fourth-order valence-corrected chi connectivity index (χ4v) is 2.26. The summed E-state index contributed by atoms with van der Waals surface area (Å²) in [5, 5.41) is 0. The van der Waals surface area contributed by atoms with Gasteiger partial charge in [-0.15, -0.1) is 0 Å². The molecule has 0 unspecified atom stereocenters. The summed E-state index contributed by atoms with van der Waals surface area (Å²) in [7, 11) is 0. The van der Waals surface area contributed by atoms with Crippen molar-refractivity contribution in [3.8, 4) is 0 Å². The zero-order valence-electron chi connectivity index (χ0n) is 6.82. The first-order valence-electron chi connectivity index (χ1n) is 2.81. The summed E-state index contributed by atoms with van der Waals surface area (Å²) in [6.45, 7) is 0. The van der Waals surface area contributed by atoms with Crippen LogP contribution in [0.3, 0.4) is 0 Å². The summed E-state index contributed by atoms with van der Waals surface area (Å²) < 4.78 is 9.40. The van der Waals surface area contributed by atoms with Crippen molar-refractivity contribution in [1.29, 1.82) is 0 Å². The van der Waals surface area contributed by atoms with E-state index >= 15 is 0 Å². The Balaban J connectivity index is -0.0000000506. The molecule has 0 heterocycles. The van der Waals surface area contributed by atoms with Crippen LogP contribution in [0.5, 0.6) is 0 Å². The summed E-state index contributed by atoms with van der Waals surface area (Å²) in [5.74, 6) is 0. The van der Waals surface area contributed by atoms with Crippen LogP contribution in [0.15, 0.2) is 38.4 Å². The molecule has 1 aromatic rings. The predicted molar refractivity (Wildman–Crippen MR) is 50.1 cm³/mol. The van der Waals surface area contributed by atoms with Crippen LogP contribution in [0.25, 0.3) is 0 Å². The quantitative estimate of drug-likeness (QED) is 0.262. The molecule has 0 saturated carbocycles. The van der Waals surface area contributed by atoms with Gasteiger partial charge in [-0.1, -0.05) is 0 Å². The third-order valence-electron chi connectivity index (χ3n) is 0.716. The van der Waals surface area contributed by atoms with E-state index in [1.807, 2.05) is 30.3 Å². The summed E-state index contributed by atoms with van der Waals surface area (Å²) in [4.78, 5) is 0. The average molecular weight is 511 g/mol. The number of rotatable bonds is 1. The molecular weight excluding hydrogens is 502 g/mol. The van der Waals surface area contributed by atoms with Gasteiger partial charge in [-0.3, -0.25) is 0 Å². The molecule has 0 saturated heterocycles. The molecule has 0 aliphatic heterocycles. The smallest absolute Gasteiger partial charge is 1.00 e. The first-order valence-corrected chi connectivity index (χ1v) is 7.40. The van der Waals surface area contributed by atoms with Crippen molar-refractivity contribution in [3.05, 3.63) is 38.4 Å². The minimum absolute atomic E-state index is 0. The van der Waals surface area contributed by atoms with Crippen LogP contribution in [0.4, 0.5) is 0 Å². The molecule has 1 aromatic carbocycles. The molecule has 0 bridgehead atoms. The number of hydrogen-bond acceptors (Lipinski definition) is 0. The van der Waals surface area contributed by atoms with E-state index in [-0.39, 0.29) is 72.2 Å². The van der Waals surface area contributed by atoms with E-state index in [2.05, 4.69) is 8.05 Å². The molecular formula is C8H9Cl2Sb2Zr. The molecule has 0 aliphatic carbocycles. The summed E-state index contributed by atoms with van der Waals surface area (Å²) >= 11 is 1.14. The minimum atomic E-state index is -0.318. The normalized spacial score (nSPS) is 6.54. The maximum atomic E-state index is 5.22. The van der Waals surface area contributed by atoms with Gasteiger partial charge in [0.15, 0.2) is 0 Å². The Morgan fingerprint density at radius 1 is 1.23 bits per heavy atom. The van der Waals surface area contributed by atoms with Gasteiger partial charge in [-0.05, 0) is 0 Å². The van der Waals surface area contributed by atoms with Crippen molar-refractivity contribution in [2.75, 3.05) is 0 Å². The second kappa shape index (κ2) is 23.7. The molecule has 0 amide bonds. The molecule has 5 heteroatoms. The van der Waals surface area contributed by atoms with Gasteiger partial charge in [0.25, 0.3) is 0 Å². The summed E-state index contributed by atoms with van der Waals surface area (Å²) in [6.07, 6.45) is 0. The van der Waals surface area contributed by atoms with Gasteiger partial charge in [0.1, 0.15) is 0 Å². The van der Waals surface area contributed by atoms with Gasteiger partial charge in [-0.2, -0.15) is 18.2 Å². The average Bonchev–Trinajstić information content (AvgIpc) is 2.44. The maximum Gasteiger partial charge on any atom is 4.00 e. The first kappa shape index (κ1) is 24.3. The predicted octanol–water partition coefficient (Wildman–Crippen LogP) is -5.22. The van der Waals surface area contributed by atoms with Crippen LogP contribution < -0.4 is 24.8 Å². The Morgan fingerprint density at radius 3 is 1.77 bits per heavy atom. The molecule has 1 radical (unpaired) electrons. The molecule has 0 aliphatic rings. The SMILES string of the molecule is [CH-]=[Sb][CH]=[CH][SbH].[Cl-].[Cl-].[Zr+4].c1cc[cH-]c1. The zero-order chi connectivity index (χ0) is 7.66. The van der Waals surface area contributed by atoms with Crippen LogP contribution in [-0.4, -0.2) is 48.6 Å². The summed E-state index contributed by atoms with van der Waals surface area (Å²) in [5.41, 5.74) is 0. The Kier molecular flexibility index (Phi) is 44.4. The van der Waals surface area contributed by atoms with Crippen molar-refractivity contribution < 1.29 is 51.0 Å². The van der Waals surface area contributed by atoms with Crippen LogP contribution in [0.2, 0.25) is 0 Å². The van der Waals surface area contributed by atoms with Gasteiger partial charge >= 0.3 is 82.9 Å². The standard InChI is InChI=1S/C5H5.C2H2.CH.2ClH.2Sb.Zr.H/c1-2-4-5-3-1;1-2;;;;;;;/h1-5H;1-2H;3*1H;;;;/q-1;;-1;;;;;+4;/p-2. The van der Waals surface area contributed by atoms with E-state index in [9.17, 15) is 0 Å². The monoisotopic (exact) mass is 507 g/mol. The van der Waals surface area contributed by atoms with Gasteiger partial charge in [0.05, 0.1) is 0 Å². The van der Waals surface area contributed by atoms with Gasteiger partial charge < -0.3 is 24.8 Å². The molecule has 0 N–H and O–H groups in total. The number of halogens is 2. The van der Waals surface area contributed by atoms with Gasteiger partial charge in [0.2, 0.25) is 0 Å². The Morgan fingerprint density at radius 2 is 1.69 bits per heavy atom. The number of hydrogen-bond donors (Lipinski definition) is 0. The second-order valence-corrected chi connectivity index (χ2v) is 4.08. The van der Waals surface area contributed by atoms with Crippen molar-refractivity contribution in [2.24, 2.45) is 0 Å². The van der Waals surface area contributed by atoms with Crippen molar-refractivity contribution in [1.82, 2.24) is 0 Å². The van der Waals surface area contributed by atoms with Crippen LogP contribution in [0.1, 0.15) is 0 Å². The molecule has 0 atom stereocenters. The van der Waals surface area contributed by atoms with Crippen LogP contribution in [-0.2, 0) is 26.2 Å². The largest absolute Gasteiger partial charge is 4.00 e. The van der Waals surface area contributed by atoms with Crippen molar-refractivity contribution in [3.63, 3.8) is 0 Å². The van der Waals surface area contributed by atoms with Crippen molar-refractivity contribution >= 4 is 48.6 Å². The first-order chi connectivity index (χ1) is 4.91. The Bertz CT molecular complexity index is 159. The minimum Gasteiger partial charge on any atom is -1.00 e.